The van der Waals surface area contributed by atoms with Gasteiger partial charge in [-0.25, -0.2) is 0 Å². The number of hydrogen-bond donors (Lipinski definition) is 1. The van der Waals surface area contributed by atoms with Crippen LogP contribution in [0.1, 0.15) is 18.9 Å². The Morgan fingerprint density at radius 1 is 1.35 bits per heavy atom. The Balaban J connectivity index is 1.57. The number of carbonyl (C=O) groups is 2. The van der Waals surface area contributed by atoms with Crippen molar-refractivity contribution in [3.05, 3.63) is 35.9 Å². The van der Waals surface area contributed by atoms with Crippen molar-refractivity contribution >= 4 is 11.8 Å². The highest BCUT2D eigenvalue weighted by atomic mass is 16.6. The fourth-order valence-corrected chi connectivity index (χ4v) is 3.53. The van der Waals surface area contributed by atoms with E-state index in [1.165, 1.54) is 5.56 Å². The number of ketones is 1. The Kier molecular flexibility index (Phi) is 5.08. The molecule has 0 amide bonds. The van der Waals surface area contributed by atoms with Gasteiger partial charge in [-0.15, -0.1) is 0 Å². The van der Waals surface area contributed by atoms with Crippen LogP contribution >= 0.6 is 0 Å². The quantitative estimate of drug-likeness (QED) is 0.822. The number of ether oxygens (including phenoxy) is 1. The Morgan fingerprint density at radius 2 is 2.13 bits per heavy atom. The summed E-state index contributed by atoms with van der Waals surface area (Å²) in [5.74, 6) is -0.00295. The molecule has 3 rings (SSSR count). The van der Waals surface area contributed by atoms with Crippen LogP contribution < -0.4 is 5.32 Å². The van der Waals surface area contributed by atoms with E-state index in [0.29, 0.717) is 13.1 Å². The van der Waals surface area contributed by atoms with Crippen molar-refractivity contribution in [3.63, 3.8) is 0 Å². The van der Waals surface area contributed by atoms with Gasteiger partial charge in [0.25, 0.3) is 0 Å². The van der Waals surface area contributed by atoms with Gasteiger partial charge in [0, 0.05) is 26.2 Å². The average Bonchev–Trinajstić information content (AvgIpc) is 2.88. The van der Waals surface area contributed by atoms with E-state index in [-0.39, 0.29) is 29.8 Å². The standard InChI is InChI=1S/C18H24N2O3/c1-13(21)17-11-19-7-8-20(17)12-16-10-15(18(22)23-16)9-14-5-3-2-4-6-14/h2-6,15-17,19H,7-12H2,1H3. The Morgan fingerprint density at radius 3 is 2.87 bits per heavy atom. The number of rotatable bonds is 5. The molecule has 2 saturated heterocycles. The van der Waals surface area contributed by atoms with Crippen LogP contribution in [-0.4, -0.2) is 55.0 Å². The van der Waals surface area contributed by atoms with E-state index >= 15 is 0 Å². The minimum atomic E-state index is -0.103. The third kappa shape index (κ3) is 3.98. The van der Waals surface area contributed by atoms with Gasteiger partial charge in [0.1, 0.15) is 11.9 Å². The molecule has 0 aliphatic carbocycles. The summed E-state index contributed by atoms with van der Waals surface area (Å²) in [6.45, 7) is 4.66. The van der Waals surface area contributed by atoms with E-state index in [2.05, 4.69) is 10.2 Å². The second kappa shape index (κ2) is 7.23. The second-order valence-corrected chi connectivity index (χ2v) is 6.51. The monoisotopic (exact) mass is 316 g/mol. The highest BCUT2D eigenvalue weighted by Crippen LogP contribution is 2.26. The lowest BCUT2D eigenvalue weighted by atomic mass is 9.96. The maximum atomic E-state index is 12.1. The maximum Gasteiger partial charge on any atom is 0.309 e. The summed E-state index contributed by atoms with van der Waals surface area (Å²) in [6.07, 6.45) is 1.37. The number of nitrogens with one attached hydrogen (secondary N) is 1. The molecular weight excluding hydrogens is 292 g/mol. The molecule has 23 heavy (non-hydrogen) atoms. The molecule has 0 saturated carbocycles. The van der Waals surface area contributed by atoms with E-state index in [1.807, 2.05) is 30.3 Å². The zero-order valence-electron chi connectivity index (χ0n) is 13.5. The third-order valence-corrected chi connectivity index (χ3v) is 4.75. The molecule has 2 fully saturated rings. The lowest BCUT2D eigenvalue weighted by molar-refractivity contribution is -0.145. The molecule has 0 aromatic heterocycles. The van der Waals surface area contributed by atoms with Gasteiger partial charge < -0.3 is 10.1 Å². The number of piperazine rings is 1. The molecule has 3 unspecified atom stereocenters. The molecule has 0 bridgehead atoms. The first-order valence-corrected chi connectivity index (χ1v) is 8.33. The van der Waals surface area contributed by atoms with Crippen LogP contribution in [0.25, 0.3) is 0 Å². The number of Topliss-reactive ketones (excluding diaryl/α,β-unsaturated/α-hetero) is 1. The molecule has 1 aromatic rings. The fourth-order valence-electron chi connectivity index (χ4n) is 3.53. The molecular formula is C18H24N2O3. The molecule has 124 valence electrons. The summed E-state index contributed by atoms with van der Waals surface area (Å²) in [7, 11) is 0. The largest absolute Gasteiger partial charge is 0.461 e. The van der Waals surface area contributed by atoms with Crippen LogP contribution in [0.5, 0.6) is 0 Å². The van der Waals surface area contributed by atoms with Crippen LogP contribution in [-0.2, 0) is 20.7 Å². The van der Waals surface area contributed by atoms with Gasteiger partial charge in [0.2, 0.25) is 0 Å². The molecule has 2 aliphatic rings. The number of benzene rings is 1. The SMILES string of the molecule is CC(=O)C1CNCCN1CC1CC(Cc2ccccc2)C(=O)O1. The van der Waals surface area contributed by atoms with Gasteiger partial charge in [0.05, 0.1) is 12.0 Å². The van der Waals surface area contributed by atoms with Gasteiger partial charge in [-0.05, 0) is 25.3 Å². The van der Waals surface area contributed by atoms with Crippen LogP contribution in [0.3, 0.4) is 0 Å². The van der Waals surface area contributed by atoms with Crippen molar-refractivity contribution in [3.8, 4) is 0 Å². The highest BCUT2D eigenvalue weighted by molar-refractivity contribution is 5.81. The molecule has 0 radical (unpaired) electrons. The minimum absolute atomic E-state index is 0.0684. The molecule has 3 atom stereocenters. The van der Waals surface area contributed by atoms with Crippen molar-refractivity contribution in [2.75, 3.05) is 26.2 Å². The van der Waals surface area contributed by atoms with Crippen LogP contribution in [0, 0.1) is 5.92 Å². The van der Waals surface area contributed by atoms with Crippen molar-refractivity contribution in [2.24, 2.45) is 5.92 Å². The lowest BCUT2D eigenvalue weighted by Gasteiger charge is -2.35. The fraction of sp³-hybridized carbons (Fsp3) is 0.556. The summed E-state index contributed by atoms with van der Waals surface area (Å²) < 4.78 is 5.56. The zero-order chi connectivity index (χ0) is 16.2. The molecule has 0 spiro atoms. The van der Waals surface area contributed by atoms with E-state index in [9.17, 15) is 9.59 Å². The summed E-state index contributed by atoms with van der Waals surface area (Å²) in [5, 5.41) is 3.25. The molecule has 5 heteroatoms. The van der Waals surface area contributed by atoms with E-state index < -0.39 is 0 Å². The summed E-state index contributed by atoms with van der Waals surface area (Å²) >= 11 is 0. The Bertz CT molecular complexity index is 561. The number of esters is 1. The van der Waals surface area contributed by atoms with Crippen LogP contribution in [0.15, 0.2) is 30.3 Å². The van der Waals surface area contributed by atoms with Crippen LogP contribution in [0.4, 0.5) is 0 Å². The third-order valence-electron chi connectivity index (χ3n) is 4.75. The van der Waals surface area contributed by atoms with Gasteiger partial charge in [-0.2, -0.15) is 0 Å². The number of cyclic esters (lactones) is 1. The minimum Gasteiger partial charge on any atom is -0.461 e. The normalized spacial score (nSPS) is 28.6. The van der Waals surface area contributed by atoms with E-state index in [1.54, 1.807) is 6.92 Å². The van der Waals surface area contributed by atoms with Crippen LogP contribution in [0.2, 0.25) is 0 Å². The first-order valence-electron chi connectivity index (χ1n) is 8.33. The molecule has 1 N–H and O–H groups in total. The smallest absolute Gasteiger partial charge is 0.309 e. The van der Waals surface area contributed by atoms with Crippen molar-refractivity contribution < 1.29 is 14.3 Å². The summed E-state index contributed by atoms with van der Waals surface area (Å²) in [4.78, 5) is 26.0. The van der Waals surface area contributed by atoms with E-state index in [4.69, 9.17) is 4.74 Å². The van der Waals surface area contributed by atoms with Gasteiger partial charge >= 0.3 is 5.97 Å². The molecule has 5 nitrogen and oxygen atoms in total. The van der Waals surface area contributed by atoms with Gasteiger partial charge in [-0.1, -0.05) is 30.3 Å². The Labute approximate surface area is 137 Å². The highest BCUT2D eigenvalue weighted by Gasteiger charge is 2.37. The number of hydrogen-bond acceptors (Lipinski definition) is 5. The molecule has 2 aliphatic heterocycles. The topological polar surface area (TPSA) is 58.6 Å². The average molecular weight is 316 g/mol. The predicted molar refractivity (Wildman–Crippen MR) is 87.0 cm³/mol. The van der Waals surface area contributed by atoms with Crippen molar-refractivity contribution in [1.29, 1.82) is 0 Å². The molecule has 1 aromatic carbocycles. The zero-order valence-corrected chi connectivity index (χ0v) is 13.5. The number of nitrogens with zero attached hydrogens (tertiary/aromatic N) is 1. The van der Waals surface area contributed by atoms with Gasteiger partial charge in [-0.3, -0.25) is 14.5 Å². The Hall–Kier alpha value is -1.72. The predicted octanol–water partition coefficient (Wildman–Crippen LogP) is 1.02. The summed E-state index contributed by atoms with van der Waals surface area (Å²) in [5.41, 5.74) is 1.17. The summed E-state index contributed by atoms with van der Waals surface area (Å²) in [6, 6.07) is 9.95. The first-order chi connectivity index (χ1) is 11.1. The van der Waals surface area contributed by atoms with E-state index in [0.717, 1.165) is 25.9 Å². The van der Waals surface area contributed by atoms with Gasteiger partial charge in [0.15, 0.2) is 0 Å². The van der Waals surface area contributed by atoms with Crippen molar-refractivity contribution in [2.45, 2.75) is 31.9 Å². The maximum absolute atomic E-state index is 12.1. The second-order valence-electron chi connectivity index (χ2n) is 6.51. The first kappa shape index (κ1) is 16.1. The lowest BCUT2D eigenvalue weighted by Crippen LogP contribution is -2.56. The van der Waals surface area contributed by atoms with Crippen molar-refractivity contribution in [1.82, 2.24) is 10.2 Å². The number of carbonyl (C=O) groups excluding carboxylic acids is 2. The molecule has 2 heterocycles.